The number of aromatic amines is 1. The van der Waals surface area contributed by atoms with Gasteiger partial charge in [-0.1, -0.05) is 26.0 Å². The number of carbonyl (C=O) groups is 1. The largest absolute Gasteiger partial charge is 0.496 e. The van der Waals surface area contributed by atoms with Gasteiger partial charge < -0.3 is 19.9 Å². The molecule has 2 aromatic carbocycles. The predicted molar refractivity (Wildman–Crippen MR) is 115 cm³/mol. The van der Waals surface area contributed by atoms with Gasteiger partial charge in [0.05, 0.1) is 35.1 Å². The van der Waals surface area contributed by atoms with Crippen LogP contribution >= 0.6 is 0 Å². The molecule has 2 N–H and O–H groups in total. The molecule has 1 heterocycles. The van der Waals surface area contributed by atoms with Crippen LogP contribution in [0.3, 0.4) is 0 Å². The van der Waals surface area contributed by atoms with Crippen LogP contribution in [0.15, 0.2) is 36.4 Å². The molecule has 0 aliphatic rings. The molecule has 0 unspecified atom stereocenters. The number of anilines is 2. The SMILES string of the molecule is CCC(CC)c1nc2cc(N(C)C)c(NC(=O)c3ccccc3OC)cc2[nH]1. The number of para-hydroxylation sites is 1. The summed E-state index contributed by atoms with van der Waals surface area (Å²) < 4.78 is 5.32. The van der Waals surface area contributed by atoms with Gasteiger partial charge in [0.15, 0.2) is 0 Å². The van der Waals surface area contributed by atoms with E-state index in [4.69, 9.17) is 9.72 Å². The van der Waals surface area contributed by atoms with E-state index in [0.717, 1.165) is 41.1 Å². The van der Waals surface area contributed by atoms with Crippen LogP contribution in [0.25, 0.3) is 11.0 Å². The first-order chi connectivity index (χ1) is 13.5. The number of rotatable bonds is 7. The molecule has 0 spiro atoms. The lowest BCUT2D eigenvalue weighted by atomic mass is 10.0. The third kappa shape index (κ3) is 3.81. The molecule has 0 radical (unpaired) electrons. The fourth-order valence-corrected chi connectivity index (χ4v) is 3.43. The highest BCUT2D eigenvalue weighted by Gasteiger charge is 2.18. The average Bonchev–Trinajstić information content (AvgIpc) is 3.10. The van der Waals surface area contributed by atoms with E-state index in [1.165, 1.54) is 0 Å². The number of aromatic nitrogens is 2. The molecule has 0 fully saturated rings. The molecule has 0 atom stereocenters. The Labute approximate surface area is 165 Å². The monoisotopic (exact) mass is 380 g/mol. The van der Waals surface area contributed by atoms with E-state index in [2.05, 4.69) is 24.1 Å². The number of carbonyl (C=O) groups excluding carboxylic acids is 1. The minimum absolute atomic E-state index is 0.209. The normalized spacial score (nSPS) is 11.1. The van der Waals surface area contributed by atoms with Gasteiger partial charge in [-0.15, -0.1) is 0 Å². The fraction of sp³-hybridized carbons (Fsp3) is 0.364. The molecule has 0 aliphatic heterocycles. The summed E-state index contributed by atoms with van der Waals surface area (Å²) in [5, 5.41) is 3.03. The van der Waals surface area contributed by atoms with Crippen molar-refractivity contribution in [1.29, 1.82) is 0 Å². The highest BCUT2D eigenvalue weighted by Crippen LogP contribution is 2.32. The molecule has 1 amide bonds. The van der Waals surface area contributed by atoms with Crippen LogP contribution in [0.4, 0.5) is 11.4 Å². The summed E-state index contributed by atoms with van der Waals surface area (Å²) in [6.07, 6.45) is 2.07. The van der Waals surface area contributed by atoms with Crippen LogP contribution < -0.4 is 15.0 Å². The molecule has 0 saturated heterocycles. The Morgan fingerprint density at radius 2 is 1.93 bits per heavy atom. The topological polar surface area (TPSA) is 70.2 Å². The van der Waals surface area contributed by atoms with E-state index in [1.54, 1.807) is 19.2 Å². The predicted octanol–water partition coefficient (Wildman–Crippen LogP) is 4.79. The van der Waals surface area contributed by atoms with Gasteiger partial charge in [-0.05, 0) is 37.1 Å². The second-order valence-electron chi connectivity index (χ2n) is 7.07. The second-order valence-corrected chi connectivity index (χ2v) is 7.07. The Balaban J connectivity index is 2.01. The summed E-state index contributed by atoms with van der Waals surface area (Å²) in [5.41, 5.74) is 3.95. The zero-order valence-corrected chi connectivity index (χ0v) is 17.2. The van der Waals surface area contributed by atoms with Crippen molar-refractivity contribution >= 4 is 28.3 Å². The molecule has 6 nitrogen and oxygen atoms in total. The molecule has 6 heteroatoms. The van der Waals surface area contributed by atoms with E-state index >= 15 is 0 Å². The molecular weight excluding hydrogens is 352 g/mol. The van der Waals surface area contributed by atoms with Crippen LogP contribution in [0.1, 0.15) is 48.8 Å². The number of hydrogen-bond acceptors (Lipinski definition) is 4. The average molecular weight is 380 g/mol. The van der Waals surface area contributed by atoms with Crippen LogP contribution in [-0.4, -0.2) is 37.1 Å². The van der Waals surface area contributed by atoms with Gasteiger partial charge in [0.2, 0.25) is 0 Å². The standard InChI is InChI=1S/C22H28N4O2/c1-6-14(7-2)21-23-16-12-18(19(26(3)4)13-17(16)24-21)25-22(27)15-10-8-9-11-20(15)28-5/h8-14H,6-7H2,1-5H3,(H,23,24)(H,25,27). The van der Waals surface area contributed by atoms with Crippen molar-refractivity contribution < 1.29 is 9.53 Å². The summed E-state index contributed by atoms with van der Waals surface area (Å²) in [6.45, 7) is 4.34. The highest BCUT2D eigenvalue weighted by molar-refractivity contribution is 6.08. The maximum absolute atomic E-state index is 12.9. The lowest BCUT2D eigenvalue weighted by molar-refractivity contribution is 0.102. The van der Waals surface area contributed by atoms with Gasteiger partial charge in [0.1, 0.15) is 11.6 Å². The van der Waals surface area contributed by atoms with E-state index in [9.17, 15) is 4.79 Å². The van der Waals surface area contributed by atoms with Gasteiger partial charge in [0.25, 0.3) is 5.91 Å². The van der Waals surface area contributed by atoms with Crippen molar-refractivity contribution in [3.05, 3.63) is 47.8 Å². The van der Waals surface area contributed by atoms with Crippen LogP contribution in [0, 0.1) is 0 Å². The van der Waals surface area contributed by atoms with Crippen molar-refractivity contribution in [1.82, 2.24) is 9.97 Å². The van der Waals surface area contributed by atoms with Crippen molar-refractivity contribution in [2.45, 2.75) is 32.6 Å². The molecule has 0 bridgehead atoms. The molecule has 0 saturated carbocycles. The molecule has 1 aromatic heterocycles. The van der Waals surface area contributed by atoms with E-state index in [-0.39, 0.29) is 5.91 Å². The van der Waals surface area contributed by atoms with Crippen molar-refractivity contribution in [3.8, 4) is 5.75 Å². The van der Waals surface area contributed by atoms with Crippen molar-refractivity contribution in [3.63, 3.8) is 0 Å². The third-order valence-electron chi connectivity index (χ3n) is 5.07. The summed E-state index contributed by atoms with van der Waals surface area (Å²) in [7, 11) is 5.47. The van der Waals surface area contributed by atoms with Crippen LogP contribution in [-0.2, 0) is 0 Å². The van der Waals surface area contributed by atoms with Gasteiger partial charge in [0, 0.05) is 20.0 Å². The number of imidazole rings is 1. The lowest BCUT2D eigenvalue weighted by Gasteiger charge is -2.18. The zero-order chi connectivity index (χ0) is 20.3. The second kappa shape index (κ2) is 8.33. The smallest absolute Gasteiger partial charge is 0.259 e. The Morgan fingerprint density at radius 3 is 2.57 bits per heavy atom. The third-order valence-corrected chi connectivity index (χ3v) is 5.07. The number of methoxy groups -OCH3 is 1. The molecule has 3 aromatic rings. The number of amides is 1. The first kappa shape index (κ1) is 19.7. The quantitative estimate of drug-likeness (QED) is 0.618. The Hall–Kier alpha value is -3.02. The first-order valence-corrected chi connectivity index (χ1v) is 9.63. The number of nitrogens with one attached hydrogen (secondary N) is 2. The Kier molecular flexibility index (Phi) is 5.87. The molecule has 28 heavy (non-hydrogen) atoms. The van der Waals surface area contributed by atoms with Gasteiger partial charge in [-0.3, -0.25) is 4.79 Å². The zero-order valence-electron chi connectivity index (χ0n) is 17.2. The van der Waals surface area contributed by atoms with Gasteiger partial charge in [-0.25, -0.2) is 4.98 Å². The molecule has 148 valence electrons. The van der Waals surface area contributed by atoms with Gasteiger partial charge >= 0.3 is 0 Å². The van der Waals surface area contributed by atoms with E-state index in [0.29, 0.717) is 17.2 Å². The summed E-state index contributed by atoms with van der Waals surface area (Å²) in [5.74, 6) is 1.74. The first-order valence-electron chi connectivity index (χ1n) is 9.63. The van der Waals surface area contributed by atoms with Crippen LogP contribution in [0.2, 0.25) is 0 Å². The molecule has 3 rings (SSSR count). The Bertz CT molecular complexity index is 974. The Morgan fingerprint density at radius 1 is 1.21 bits per heavy atom. The summed E-state index contributed by atoms with van der Waals surface area (Å²) >= 11 is 0. The number of hydrogen-bond donors (Lipinski definition) is 2. The lowest BCUT2D eigenvalue weighted by Crippen LogP contribution is -2.17. The maximum atomic E-state index is 12.9. The summed E-state index contributed by atoms with van der Waals surface area (Å²) in [6, 6.07) is 11.2. The van der Waals surface area contributed by atoms with E-state index < -0.39 is 0 Å². The number of H-pyrrole nitrogens is 1. The number of nitrogens with zero attached hydrogens (tertiary/aromatic N) is 2. The molecule has 0 aliphatic carbocycles. The molecular formula is C22H28N4O2. The van der Waals surface area contributed by atoms with E-state index in [1.807, 2.05) is 43.3 Å². The number of ether oxygens (including phenoxy) is 1. The van der Waals surface area contributed by atoms with Crippen molar-refractivity contribution in [2.75, 3.05) is 31.4 Å². The maximum Gasteiger partial charge on any atom is 0.259 e. The summed E-state index contributed by atoms with van der Waals surface area (Å²) in [4.78, 5) is 23.1. The number of benzene rings is 2. The van der Waals surface area contributed by atoms with Crippen LogP contribution in [0.5, 0.6) is 5.75 Å². The fourth-order valence-electron chi connectivity index (χ4n) is 3.43. The van der Waals surface area contributed by atoms with Crippen molar-refractivity contribution in [2.24, 2.45) is 0 Å². The minimum atomic E-state index is -0.209. The number of fused-ring (bicyclic) bond motifs is 1. The minimum Gasteiger partial charge on any atom is -0.496 e. The highest BCUT2D eigenvalue weighted by atomic mass is 16.5. The van der Waals surface area contributed by atoms with Gasteiger partial charge in [-0.2, -0.15) is 0 Å².